The van der Waals surface area contributed by atoms with E-state index in [1.165, 1.54) is 5.57 Å². The fraction of sp³-hybridized carbons (Fsp3) is 0.500. The van der Waals surface area contributed by atoms with E-state index in [4.69, 9.17) is 4.74 Å². The highest BCUT2D eigenvalue weighted by Crippen LogP contribution is 2.33. The number of carbonyl (C=O) groups excluding carboxylic acids is 1. The zero-order valence-electron chi connectivity index (χ0n) is 14.5. The average Bonchev–Trinajstić information content (AvgIpc) is 2.77. The first kappa shape index (κ1) is 18.2. The number of ether oxygens (including phenoxy) is 1. The molecule has 0 saturated carbocycles. The summed E-state index contributed by atoms with van der Waals surface area (Å²) in [5.41, 5.74) is 3.36. The van der Waals surface area contributed by atoms with Crippen molar-refractivity contribution in [1.82, 2.24) is 0 Å². The van der Waals surface area contributed by atoms with Crippen molar-refractivity contribution >= 4 is 11.9 Å². The Morgan fingerprint density at radius 2 is 1.88 bits per heavy atom. The predicted octanol–water partition coefficient (Wildman–Crippen LogP) is 4.34. The summed E-state index contributed by atoms with van der Waals surface area (Å²) >= 11 is 0. The van der Waals surface area contributed by atoms with Crippen molar-refractivity contribution in [3.05, 3.63) is 47.1 Å². The van der Waals surface area contributed by atoms with Crippen LogP contribution in [-0.4, -0.2) is 23.1 Å². The van der Waals surface area contributed by atoms with Crippen molar-refractivity contribution in [1.29, 1.82) is 0 Å². The third-order valence-corrected chi connectivity index (χ3v) is 4.76. The Bertz CT molecular complexity index is 622. The molecule has 0 bridgehead atoms. The van der Waals surface area contributed by atoms with Crippen molar-refractivity contribution in [3.8, 4) is 0 Å². The minimum absolute atomic E-state index is 0.0314. The van der Waals surface area contributed by atoms with E-state index in [0.717, 1.165) is 31.3 Å². The third kappa shape index (κ3) is 4.70. The third-order valence-electron chi connectivity index (χ3n) is 4.76. The van der Waals surface area contributed by atoms with E-state index >= 15 is 0 Å². The van der Waals surface area contributed by atoms with Crippen molar-refractivity contribution < 1.29 is 19.4 Å². The number of hydrogen-bond acceptors (Lipinski definition) is 3. The van der Waals surface area contributed by atoms with E-state index in [0.29, 0.717) is 24.0 Å². The second-order valence-electron chi connectivity index (χ2n) is 6.72. The van der Waals surface area contributed by atoms with E-state index in [9.17, 15) is 14.7 Å². The Morgan fingerprint density at radius 1 is 1.17 bits per heavy atom. The molecule has 2 aliphatic rings. The zero-order valence-corrected chi connectivity index (χ0v) is 14.5. The van der Waals surface area contributed by atoms with Gasteiger partial charge in [-0.05, 0) is 58.4 Å². The molecule has 1 aliphatic carbocycles. The van der Waals surface area contributed by atoms with Crippen LogP contribution < -0.4 is 0 Å². The topological polar surface area (TPSA) is 63.6 Å². The van der Waals surface area contributed by atoms with Crippen LogP contribution in [0.4, 0.5) is 0 Å². The number of fused-ring (bicyclic) bond motifs is 1. The highest BCUT2D eigenvalue weighted by Gasteiger charge is 2.36. The fourth-order valence-corrected chi connectivity index (χ4v) is 3.21. The molecule has 0 amide bonds. The lowest BCUT2D eigenvalue weighted by molar-refractivity contribution is -0.137. The summed E-state index contributed by atoms with van der Waals surface area (Å²) in [5, 5.41) is 9.29. The molecule has 1 fully saturated rings. The van der Waals surface area contributed by atoms with Crippen LogP contribution in [-0.2, 0) is 14.3 Å². The molecule has 0 aromatic rings. The summed E-state index contributed by atoms with van der Waals surface area (Å²) in [7, 11) is 0. The Morgan fingerprint density at radius 3 is 2.58 bits per heavy atom. The highest BCUT2D eigenvalue weighted by molar-refractivity contribution is 5.91. The Kier molecular flexibility index (Phi) is 6.18. The van der Waals surface area contributed by atoms with E-state index in [1.807, 2.05) is 26.0 Å². The van der Waals surface area contributed by atoms with Crippen LogP contribution >= 0.6 is 0 Å². The largest absolute Gasteiger partial charge is 0.478 e. The number of carboxylic acids is 1. The second-order valence-corrected chi connectivity index (χ2v) is 6.72. The van der Waals surface area contributed by atoms with Crippen molar-refractivity contribution in [2.75, 3.05) is 0 Å². The minimum atomic E-state index is -0.837. The van der Waals surface area contributed by atoms with Gasteiger partial charge in [0.15, 0.2) is 0 Å². The van der Waals surface area contributed by atoms with Gasteiger partial charge in [0.2, 0.25) is 0 Å². The van der Waals surface area contributed by atoms with Crippen molar-refractivity contribution in [3.63, 3.8) is 0 Å². The molecule has 2 rings (SSSR count). The van der Waals surface area contributed by atoms with Crippen LogP contribution in [0.5, 0.6) is 0 Å². The molecule has 1 saturated heterocycles. The summed E-state index contributed by atoms with van der Waals surface area (Å²) in [6.07, 6.45) is 10.1. The standard InChI is InChI=1S/C20H26O4/c1-13-6-4-8-16(19(21)22)9-5-7-14(2)12-18-17(11-10-13)15(3)20(23)24-18/h6,9,12,17-18H,3-5,7-8,10-11H2,1-2H3,(H,21,22)/b13-6-,14-12+,16-9-/t17-,18-/m0/s1. The number of allylic oxidation sites excluding steroid dienone is 4. The molecule has 4 nitrogen and oxygen atoms in total. The highest BCUT2D eigenvalue weighted by atomic mass is 16.5. The lowest BCUT2D eigenvalue weighted by Crippen LogP contribution is -2.15. The molecule has 0 aromatic carbocycles. The van der Waals surface area contributed by atoms with Crippen LogP contribution in [0.3, 0.4) is 0 Å². The van der Waals surface area contributed by atoms with Gasteiger partial charge >= 0.3 is 11.9 Å². The zero-order chi connectivity index (χ0) is 17.7. The van der Waals surface area contributed by atoms with E-state index < -0.39 is 5.97 Å². The van der Waals surface area contributed by atoms with Gasteiger partial charge in [-0.2, -0.15) is 0 Å². The Labute approximate surface area is 143 Å². The van der Waals surface area contributed by atoms with Crippen LogP contribution in [0, 0.1) is 5.92 Å². The fourth-order valence-electron chi connectivity index (χ4n) is 3.21. The smallest absolute Gasteiger partial charge is 0.334 e. The quantitative estimate of drug-likeness (QED) is 0.441. The number of aliphatic carboxylic acids is 1. The number of esters is 1. The van der Waals surface area contributed by atoms with Crippen LogP contribution in [0.15, 0.2) is 47.1 Å². The van der Waals surface area contributed by atoms with Gasteiger partial charge in [-0.3, -0.25) is 0 Å². The Balaban J connectivity index is 2.23. The second kappa shape index (κ2) is 8.13. The molecule has 0 radical (unpaired) electrons. The van der Waals surface area contributed by atoms with Gasteiger partial charge in [-0.1, -0.05) is 29.9 Å². The molecule has 130 valence electrons. The first-order valence-electron chi connectivity index (χ1n) is 8.53. The normalized spacial score (nSPS) is 33.0. The van der Waals surface area contributed by atoms with Gasteiger partial charge < -0.3 is 9.84 Å². The summed E-state index contributed by atoms with van der Waals surface area (Å²) in [6.45, 7) is 7.95. The van der Waals surface area contributed by atoms with Crippen molar-refractivity contribution in [2.45, 2.75) is 58.5 Å². The molecule has 1 aliphatic heterocycles. The molecule has 1 heterocycles. The van der Waals surface area contributed by atoms with Gasteiger partial charge in [0, 0.05) is 17.1 Å². The maximum atomic E-state index is 11.8. The average molecular weight is 330 g/mol. The van der Waals surface area contributed by atoms with E-state index in [2.05, 4.69) is 12.7 Å². The number of carbonyl (C=O) groups is 2. The first-order valence-corrected chi connectivity index (χ1v) is 8.53. The maximum absolute atomic E-state index is 11.8. The van der Waals surface area contributed by atoms with Gasteiger partial charge in [-0.25, -0.2) is 9.59 Å². The molecular formula is C20H26O4. The molecule has 1 N–H and O–H groups in total. The summed E-state index contributed by atoms with van der Waals surface area (Å²) in [6, 6.07) is 0. The predicted molar refractivity (Wildman–Crippen MR) is 93.4 cm³/mol. The molecular weight excluding hydrogens is 304 g/mol. The number of hydrogen-bond donors (Lipinski definition) is 1. The molecule has 4 heteroatoms. The lowest BCUT2D eigenvalue weighted by Gasteiger charge is -2.16. The number of carboxylic acid groups (broad SMARTS) is 1. The first-order chi connectivity index (χ1) is 11.4. The Hall–Kier alpha value is -2.10. The SMILES string of the molecule is C=C1C(=O)O[C@H]2/C=C(\C)CC/C=C(\C(=O)O)CC/C=C(/C)CC[C@@H]12. The summed E-state index contributed by atoms with van der Waals surface area (Å²) < 4.78 is 5.46. The van der Waals surface area contributed by atoms with Gasteiger partial charge in [0.05, 0.1) is 0 Å². The molecule has 0 unspecified atom stereocenters. The van der Waals surface area contributed by atoms with Crippen LogP contribution in [0.25, 0.3) is 0 Å². The van der Waals surface area contributed by atoms with E-state index in [1.54, 1.807) is 0 Å². The maximum Gasteiger partial charge on any atom is 0.334 e. The van der Waals surface area contributed by atoms with Crippen LogP contribution in [0.2, 0.25) is 0 Å². The summed E-state index contributed by atoms with van der Waals surface area (Å²) in [4.78, 5) is 23.2. The molecule has 24 heavy (non-hydrogen) atoms. The summed E-state index contributed by atoms with van der Waals surface area (Å²) in [5.74, 6) is -1.10. The van der Waals surface area contributed by atoms with Crippen molar-refractivity contribution in [2.24, 2.45) is 5.92 Å². The van der Waals surface area contributed by atoms with Gasteiger partial charge in [0.1, 0.15) is 6.10 Å². The van der Waals surface area contributed by atoms with Gasteiger partial charge in [-0.15, -0.1) is 0 Å². The van der Waals surface area contributed by atoms with Gasteiger partial charge in [0.25, 0.3) is 0 Å². The molecule has 0 aromatic heterocycles. The monoisotopic (exact) mass is 330 g/mol. The van der Waals surface area contributed by atoms with Crippen LogP contribution in [0.1, 0.15) is 52.4 Å². The minimum Gasteiger partial charge on any atom is -0.478 e. The number of rotatable bonds is 1. The lowest BCUT2D eigenvalue weighted by atomic mass is 9.89. The molecule has 0 spiro atoms. The molecule has 2 atom stereocenters. The van der Waals surface area contributed by atoms with E-state index in [-0.39, 0.29) is 18.0 Å².